The van der Waals surface area contributed by atoms with E-state index in [9.17, 15) is 4.79 Å². The third-order valence-corrected chi connectivity index (χ3v) is 2.89. The Bertz CT molecular complexity index is 745. The summed E-state index contributed by atoms with van der Waals surface area (Å²) in [6, 6.07) is 16.6. The zero-order valence-corrected chi connectivity index (χ0v) is 10.2. The fourth-order valence-electron chi connectivity index (χ4n) is 1.90. The SMILES string of the molecule is O=c1c(COc2ccccc2)coc2ccccc12. The van der Waals surface area contributed by atoms with Gasteiger partial charge in [-0.25, -0.2) is 0 Å². The predicted molar refractivity (Wildman–Crippen MR) is 73.3 cm³/mol. The highest BCUT2D eigenvalue weighted by Crippen LogP contribution is 2.13. The molecule has 3 nitrogen and oxygen atoms in total. The van der Waals surface area contributed by atoms with Crippen LogP contribution in [0.3, 0.4) is 0 Å². The van der Waals surface area contributed by atoms with Crippen molar-refractivity contribution in [2.24, 2.45) is 0 Å². The van der Waals surface area contributed by atoms with Crippen LogP contribution in [-0.4, -0.2) is 0 Å². The van der Waals surface area contributed by atoms with Crippen LogP contribution in [0, 0.1) is 0 Å². The van der Waals surface area contributed by atoms with Crippen LogP contribution in [0.2, 0.25) is 0 Å². The fraction of sp³-hybridized carbons (Fsp3) is 0.0625. The molecule has 3 heteroatoms. The zero-order chi connectivity index (χ0) is 13.1. The summed E-state index contributed by atoms with van der Waals surface area (Å²) in [6.45, 7) is 0.206. The van der Waals surface area contributed by atoms with Gasteiger partial charge in [0.15, 0.2) is 5.43 Å². The first kappa shape index (κ1) is 11.5. The van der Waals surface area contributed by atoms with E-state index >= 15 is 0 Å². The van der Waals surface area contributed by atoms with Crippen LogP contribution in [-0.2, 0) is 6.61 Å². The van der Waals surface area contributed by atoms with E-state index in [0.717, 1.165) is 5.75 Å². The summed E-state index contributed by atoms with van der Waals surface area (Å²) in [5.74, 6) is 0.732. The van der Waals surface area contributed by atoms with Crippen molar-refractivity contribution < 1.29 is 9.15 Å². The molecule has 0 aliphatic carbocycles. The molecular formula is C16H12O3. The van der Waals surface area contributed by atoms with E-state index in [1.165, 1.54) is 6.26 Å². The summed E-state index contributed by atoms with van der Waals surface area (Å²) >= 11 is 0. The summed E-state index contributed by atoms with van der Waals surface area (Å²) in [4.78, 5) is 12.2. The molecule has 1 heterocycles. The van der Waals surface area contributed by atoms with Crippen molar-refractivity contribution in [3.63, 3.8) is 0 Å². The maximum absolute atomic E-state index is 12.2. The standard InChI is InChI=1S/C16H12O3/c17-16-12(10-18-13-6-2-1-3-7-13)11-19-15-9-5-4-8-14(15)16/h1-9,11H,10H2. The van der Waals surface area contributed by atoms with Crippen LogP contribution >= 0.6 is 0 Å². The minimum Gasteiger partial charge on any atom is -0.489 e. The number of rotatable bonds is 3. The lowest BCUT2D eigenvalue weighted by Gasteiger charge is -2.05. The summed E-state index contributed by atoms with van der Waals surface area (Å²) in [7, 11) is 0. The van der Waals surface area contributed by atoms with E-state index < -0.39 is 0 Å². The van der Waals surface area contributed by atoms with Gasteiger partial charge in [0.2, 0.25) is 0 Å². The highest BCUT2D eigenvalue weighted by molar-refractivity contribution is 5.76. The van der Waals surface area contributed by atoms with E-state index in [4.69, 9.17) is 9.15 Å². The van der Waals surface area contributed by atoms with Gasteiger partial charge in [-0.3, -0.25) is 4.79 Å². The van der Waals surface area contributed by atoms with E-state index in [1.807, 2.05) is 42.5 Å². The average molecular weight is 252 g/mol. The molecule has 0 bridgehead atoms. The minimum absolute atomic E-state index is 0.0437. The van der Waals surface area contributed by atoms with Crippen LogP contribution < -0.4 is 10.2 Å². The van der Waals surface area contributed by atoms with Gasteiger partial charge in [0.25, 0.3) is 0 Å². The minimum atomic E-state index is -0.0437. The lowest BCUT2D eigenvalue weighted by molar-refractivity contribution is 0.302. The fourth-order valence-corrected chi connectivity index (χ4v) is 1.90. The molecule has 0 radical (unpaired) electrons. The molecule has 0 atom stereocenters. The van der Waals surface area contributed by atoms with Gasteiger partial charge < -0.3 is 9.15 Å². The number of fused-ring (bicyclic) bond motifs is 1. The van der Waals surface area contributed by atoms with Crippen LogP contribution in [0.1, 0.15) is 5.56 Å². The average Bonchev–Trinajstić information content (AvgIpc) is 2.48. The maximum atomic E-state index is 12.2. The molecule has 0 fully saturated rings. The number of hydrogen-bond acceptors (Lipinski definition) is 3. The number of para-hydroxylation sites is 2. The molecule has 0 aliphatic heterocycles. The molecule has 0 N–H and O–H groups in total. The Balaban J connectivity index is 1.90. The molecule has 0 saturated carbocycles. The molecule has 1 aromatic heterocycles. The summed E-state index contributed by atoms with van der Waals surface area (Å²) in [5.41, 5.74) is 1.07. The summed E-state index contributed by atoms with van der Waals surface area (Å²) in [6.07, 6.45) is 1.47. The molecule has 0 amide bonds. The molecule has 0 saturated heterocycles. The first-order valence-electron chi connectivity index (χ1n) is 6.02. The Morgan fingerprint density at radius 3 is 2.53 bits per heavy atom. The quantitative estimate of drug-likeness (QED) is 0.717. The second kappa shape index (κ2) is 4.98. The van der Waals surface area contributed by atoms with Crippen LogP contribution in [0.5, 0.6) is 5.75 Å². The smallest absolute Gasteiger partial charge is 0.199 e. The third kappa shape index (κ3) is 2.36. The van der Waals surface area contributed by atoms with E-state index in [2.05, 4.69) is 0 Å². The zero-order valence-electron chi connectivity index (χ0n) is 10.2. The first-order valence-corrected chi connectivity index (χ1v) is 6.02. The largest absolute Gasteiger partial charge is 0.489 e. The van der Waals surface area contributed by atoms with Crippen molar-refractivity contribution >= 4 is 11.0 Å². The Kier molecular flexibility index (Phi) is 3.02. The second-order valence-corrected chi connectivity index (χ2v) is 4.19. The molecule has 2 aromatic carbocycles. The van der Waals surface area contributed by atoms with Crippen molar-refractivity contribution in [1.29, 1.82) is 0 Å². The van der Waals surface area contributed by atoms with Gasteiger partial charge in [-0.1, -0.05) is 30.3 Å². The Morgan fingerprint density at radius 1 is 0.947 bits per heavy atom. The monoisotopic (exact) mass is 252 g/mol. The highest BCUT2D eigenvalue weighted by atomic mass is 16.5. The molecule has 0 spiro atoms. The highest BCUT2D eigenvalue weighted by Gasteiger charge is 2.06. The van der Waals surface area contributed by atoms with Gasteiger partial charge in [0, 0.05) is 0 Å². The van der Waals surface area contributed by atoms with Gasteiger partial charge in [0.05, 0.1) is 10.9 Å². The molecular weight excluding hydrogens is 240 g/mol. The van der Waals surface area contributed by atoms with Gasteiger partial charge in [-0.15, -0.1) is 0 Å². The van der Waals surface area contributed by atoms with Crippen molar-refractivity contribution in [2.45, 2.75) is 6.61 Å². The number of benzene rings is 2. The predicted octanol–water partition coefficient (Wildman–Crippen LogP) is 3.37. The van der Waals surface area contributed by atoms with Crippen LogP contribution in [0.4, 0.5) is 0 Å². The third-order valence-electron chi connectivity index (χ3n) is 2.89. The van der Waals surface area contributed by atoms with E-state index in [1.54, 1.807) is 12.1 Å². The molecule has 3 rings (SSSR count). The molecule has 19 heavy (non-hydrogen) atoms. The maximum Gasteiger partial charge on any atom is 0.199 e. The van der Waals surface area contributed by atoms with Crippen molar-refractivity contribution in [2.75, 3.05) is 0 Å². The van der Waals surface area contributed by atoms with Crippen LogP contribution in [0.25, 0.3) is 11.0 Å². The lowest BCUT2D eigenvalue weighted by atomic mass is 10.2. The van der Waals surface area contributed by atoms with Gasteiger partial charge in [-0.2, -0.15) is 0 Å². The van der Waals surface area contributed by atoms with Crippen molar-refractivity contribution in [3.8, 4) is 5.75 Å². The Hall–Kier alpha value is -2.55. The Labute approximate surface area is 110 Å². The second-order valence-electron chi connectivity index (χ2n) is 4.19. The molecule has 94 valence electrons. The Morgan fingerprint density at radius 2 is 1.68 bits per heavy atom. The van der Waals surface area contributed by atoms with Crippen LogP contribution in [0.15, 0.2) is 70.1 Å². The summed E-state index contributed by atoms with van der Waals surface area (Å²) in [5, 5.41) is 0.580. The number of hydrogen-bond donors (Lipinski definition) is 0. The normalized spacial score (nSPS) is 10.5. The van der Waals surface area contributed by atoms with Gasteiger partial charge in [-0.05, 0) is 24.3 Å². The van der Waals surface area contributed by atoms with Gasteiger partial charge in [0.1, 0.15) is 24.2 Å². The van der Waals surface area contributed by atoms with Crippen molar-refractivity contribution in [3.05, 3.63) is 76.6 Å². The van der Waals surface area contributed by atoms with Gasteiger partial charge >= 0.3 is 0 Å². The van der Waals surface area contributed by atoms with Crippen molar-refractivity contribution in [1.82, 2.24) is 0 Å². The molecule has 0 unspecified atom stereocenters. The first-order chi connectivity index (χ1) is 9.34. The summed E-state index contributed by atoms with van der Waals surface area (Å²) < 4.78 is 11.0. The molecule has 3 aromatic rings. The van der Waals surface area contributed by atoms with E-state index in [-0.39, 0.29) is 12.0 Å². The molecule has 0 aliphatic rings. The van der Waals surface area contributed by atoms with E-state index in [0.29, 0.717) is 16.5 Å². The topological polar surface area (TPSA) is 39.4 Å². The lowest BCUT2D eigenvalue weighted by Crippen LogP contribution is -2.11. The number of ether oxygens (including phenoxy) is 1.